The van der Waals surface area contributed by atoms with Crippen LogP contribution in [0.25, 0.3) is 0 Å². The molecule has 1 amide bonds. The van der Waals surface area contributed by atoms with Crippen molar-refractivity contribution < 1.29 is 24.6 Å². The number of benzene rings is 1. The van der Waals surface area contributed by atoms with Crippen molar-refractivity contribution in [2.45, 2.75) is 57.9 Å². The third-order valence-electron chi connectivity index (χ3n) is 4.17. The number of aliphatic hydroxyl groups is 1. The predicted molar refractivity (Wildman–Crippen MR) is 94.8 cm³/mol. The van der Waals surface area contributed by atoms with Gasteiger partial charge in [-0.1, -0.05) is 50.1 Å². The zero-order chi connectivity index (χ0) is 18.7. The molecule has 0 bridgehead atoms. The number of hydroxylamine groups is 2. The second-order valence-corrected chi connectivity index (χ2v) is 6.27. The number of carbonyl (C=O) groups is 2. The molecule has 0 unspecified atom stereocenters. The lowest BCUT2D eigenvalue weighted by Gasteiger charge is -2.36. The van der Waals surface area contributed by atoms with Gasteiger partial charge >= 0.3 is 5.97 Å². The summed E-state index contributed by atoms with van der Waals surface area (Å²) in [6.45, 7) is 3.39. The van der Waals surface area contributed by atoms with E-state index in [-0.39, 0.29) is 26.1 Å². The molecule has 0 spiro atoms. The first-order valence-corrected chi connectivity index (χ1v) is 8.79. The third-order valence-corrected chi connectivity index (χ3v) is 4.17. The van der Waals surface area contributed by atoms with Crippen molar-refractivity contribution in [3.8, 4) is 0 Å². The molecule has 140 valence electrons. The Labute approximate surface area is 149 Å². The predicted octanol–water partition coefficient (Wildman–Crippen LogP) is 2.80. The van der Waals surface area contributed by atoms with Crippen molar-refractivity contribution in [3.63, 3.8) is 0 Å². The van der Waals surface area contributed by atoms with Crippen molar-refractivity contribution in [1.29, 1.82) is 0 Å². The van der Waals surface area contributed by atoms with Gasteiger partial charge in [-0.2, -0.15) is 0 Å². The Hall–Kier alpha value is -1.92. The topological polar surface area (TPSA) is 87.1 Å². The van der Waals surface area contributed by atoms with Gasteiger partial charge in [0.2, 0.25) is 5.91 Å². The summed E-state index contributed by atoms with van der Waals surface area (Å²) in [4.78, 5) is 30.0. The fourth-order valence-electron chi connectivity index (χ4n) is 2.51. The lowest BCUT2D eigenvalue weighted by Crippen LogP contribution is -2.55. The number of nitrogens with zero attached hydrogens (tertiary/aromatic N) is 1. The van der Waals surface area contributed by atoms with Gasteiger partial charge in [-0.3, -0.25) is 9.63 Å². The van der Waals surface area contributed by atoms with Crippen LogP contribution in [0.3, 0.4) is 0 Å². The van der Waals surface area contributed by atoms with Crippen molar-refractivity contribution in [2.75, 3.05) is 13.2 Å². The van der Waals surface area contributed by atoms with Crippen molar-refractivity contribution >= 4 is 11.9 Å². The Morgan fingerprint density at radius 2 is 1.88 bits per heavy atom. The van der Waals surface area contributed by atoms with Crippen molar-refractivity contribution in [3.05, 3.63) is 35.9 Å². The Kier molecular flexibility index (Phi) is 9.16. The number of unbranched alkanes of at least 4 members (excludes halogenated alkanes) is 2. The minimum absolute atomic E-state index is 0.0901. The molecule has 2 N–H and O–H groups in total. The van der Waals surface area contributed by atoms with Crippen LogP contribution >= 0.6 is 0 Å². The number of rotatable bonds is 12. The van der Waals surface area contributed by atoms with Gasteiger partial charge in [-0.05, 0) is 25.3 Å². The summed E-state index contributed by atoms with van der Waals surface area (Å²) in [5, 5.41) is 19.8. The van der Waals surface area contributed by atoms with Gasteiger partial charge in [0.25, 0.3) is 0 Å². The molecule has 0 aliphatic heterocycles. The van der Waals surface area contributed by atoms with Crippen LogP contribution in [0.1, 0.15) is 51.5 Å². The Bertz CT molecular complexity index is 534. The Morgan fingerprint density at radius 3 is 2.44 bits per heavy atom. The molecule has 0 saturated heterocycles. The van der Waals surface area contributed by atoms with Crippen LogP contribution in [0.4, 0.5) is 0 Å². The zero-order valence-corrected chi connectivity index (χ0v) is 15.1. The molecule has 0 heterocycles. The molecule has 1 rings (SSSR count). The number of hydrogen-bond donors (Lipinski definition) is 2. The standard InChI is InChI=1S/C19H29NO5/c1-3-4-8-15-25-20(19(2,13-14-21)18(23)24)17(22)12-11-16-9-6-5-7-10-16/h5-7,9-10,21H,3-4,8,11-15H2,1-2H3,(H,23,24)/t19-/m0/s1. The average Bonchev–Trinajstić information content (AvgIpc) is 2.60. The summed E-state index contributed by atoms with van der Waals surface area (Å²) >= 11 is 0. The van der Waals surface area contributed by atoms with E-state index in [1.807, 2.05) is 30.3 Å². The number of carboxylic acids is 1. The van der Waals surface area contributed by atoms with Gasteiger partial charge in [-0.25, -0.2) is 9.86 Å². The van der Waals surface area contributed by atoms with Gasteiger partial charge < -0.3 is 10.2 Å². The highest BCUT2D eigenvalue weighted by Crippen LogP contribution is 2.23. The molecular formula is C19H29NO5. The maximum atomic E-state index is 12.7. The zero-order valence-electron chi connectivity index (χ0n) is 15.1. The Morgan fingerprint density at radius 1 is 1.20 bits per heavy atom. The normalized spacial score (nSPS) is 13.2. The van der Waals surface area contributed by atoms with Gasteiger partial charge in [0.1, 0.15) is 0 Å². The maximum absolute atomic E-state index is 12.7. The van der Waals surface area contributed by atoms with Crippen LogP contribution in [-0.2, 0) is 20.8 Å². The summed E-state index contributed by atoms with van der Waals surface area (Å²) < 4.78 is 0. The average molecular weight is 351 g/mol. The van der Waals surface area contributed by atoms with Crippen LogP contribution in [0.2, 0.25) is 0 Å². The first-order chi connectivity index (χ1) is 12.0. The quantitative estimate of drug-likeness (QED) is 0.447. The number of aliphatic carboxylic acids is 1. The lowest BCUT2D eigenvalue weighted by molar-refractivity contribution is -0.228. The SMILES string of the molecule is CCCCCON(C(=O)CCc1ccccc1)[C@@](C)(CCO)C(=O)O. The van der Waals surface area contributed by atoms with Crippen LogP contribution < -0.4 is 0 Å². The number of hydrogen-bond acceptors (Lipinski definition) is 4. The monoisotopic (exact) mass is 351 g/mol. The molecule has 0 fully saturated rings. The van der Waals surface area contributed by atoms with E-state index in [0.717, 1.165) is 29.9 Å². The summed E-state index contributed by atoms with van der Waals surface area (Å²) in [5.74, 6) is -1.58. The van der Waals surface area contributed by atoms with Gasteiger partial charge in [0.05, 0.1) is 6.61 Å². The van der Waals surface area contributed by atoms with Crippen molar-refractivity contribution in [2.24, 2.45) is 0 Å². The largest absolute Gasteiger partial charge is 0.479 e. The molecule has 6 heteroatoms. The van der Waals surface area contributed by atoms with Crippen LogP contribution in [-0.4, -0.2) is 45.9 Å². The van der Waals surface area contributed by atoms with E-state index in [9.17, 15) is 19.8 Å². The van der Waals surface area contributed by atoms with E-state index in [4.69, 9.17) is 4.84 Å². The molecule has 0 saturated carbocycles. The Balaban J connectivity index is 2.83. The fourth-order valence-corrected chi connectivity index (χ4v) is 2.51. The van der Waals surface area contributed by atoms with E-state index in [0.29, 0.717) is 6.42 Å². The molecule has 1 aromatic carbocycles. The minimum Gasteiger partial charge on any atom is -0.479 e. The van der Waals surface area contributed by atoms with E-state index in [1.165, 1.54) is 6.92 Å². The number of carbonyl (C=O) groups excluding carboxylic acids is 1. The van der Waals surface area contributed by atoms with Gasteiger partial charge in [0.15, 0.2) is 5.54 Å². The first-order valence-electron chi connectivity index (χ1n) is 8.79. The second-order valence-electron chi connectivity index (χ2n) is 6.27. The molecule has 0 aromatic heterocycles. The number of aryl methyl sites for hydroxylation is 1. The summed E-state index contributed by atoms with van der Waals surface area (Å²) in [7, 11) is 0. The minimum atomic E-state index is -1.59. The number of carboxylic acid groups (broad SMARTS) is 1. The molecule has 0 aliphatic rings. The maximum Gasteiger partial charge on any atom is 0.332 e. The molecule has 0 radical (unpaired) electrons. The number of amides is 1. The smallest absolute Gasteiger partial charge is 0.332 e. The van der Waals surface area contributed by atoms with E-state index in [1.54, 1.807) is 0 Å². The molecular weight excluding hydrogens is 322 g/mol. The highest BCUT2D eigenvalue weighted by atomic mass is 16.7. The van der Waals surface area contributed by atoms with Crippen molar-refractivity contribution in [1.82, 2.24) is 5.06 Å². The van der Waals surface area contributed by atoms with Gasteiger partial charge in [0, 0.05) is 19.4 Å². The van der Waals surface area contributed by atoms with Gasteiger partial charge in [-0.15, -0.1) is 0 Å². The van der Waals surface area contributed by atoms with E-state index in [2.05, 4.69) is 6.92 Å². The van der Waals surface area contributed by atoms with Crippen LogP contribution in [0, 0.1) is 0 Å². The van der Waals surface area contributed by atoms with Crippen LogP contribution in [0.5, 0.6) is 0 Å². The van der Waals surface area contributed by atoms with Crippen LogP contribution in [0.15, 0.2) is 30.3 Å². The highest BCUT2D eigenvalue weighted by molar-refractivity contribution is 5.86. The van der Waals surface area contributed by atoms with E-state index < -0.39 is 17.4 Å². The molecule has 0 aliphatic carbocycles. The lowest BCUT2D eigenvalue weighted by atomic mass is 9.97. The molecule has 1 aromatic rings. The number of aliphatic hydroxyl groups excluding tert-OH is 1. The molecule has 25 heavy (non-hydrogen) atoms. The molecule has 6 nitrogen and oxygen atoms in total. The summed E-state index contributed by atoms with van der Waals surface area (Å²) in [6, 6.07) is 9.53. The second kappa shape index (κ2) is 10.8. The van der Waals surface area contributed by atoms with E-state index >= 15 is 0 Å². The first kappa shape index (κ1) is 21.1. The summed E-state index contributed by atoms with van der Waals surface area (Å²) in [5.41, 5.74) is -0.588. The molecule has 1 atom stereocenters. The summed E-state index contributed by atoms with van der Waals surface area (Å²) in [6.07, 6.45) is 3.24. The third kappa shape index (κ3) is 6.48. The fraction of sp³-hybridized carbons (Fsp3) is 0.579. The highest BCUT2D eigenvalue weighted by Gasteiger charge is 2.43.